The monoisotopic (exact) mass is 904 g/mol. The van der Waals surface area contributed by atoms with Crippen molar-refractivity contribution in [2.24, 2.45) is 0 Å². The first-order chi connectivity index (χ1) is 31.0. The van der Waals surface area contributed by atoms with Crippen LogP contribution in [0.4, 0.5) is 0 Å². The lowest BCUT2D eigenvalue weighted by atomic mass is 10.1. The molecular formula is C55H88N2O6P+. The van der Waals surface area contributed by atoms with E-state index in [2.05, 4.69) is 152 Å². The minimum absolute atomic E-state index is 0.0346. The minimum atomic E-state index is -4.37. The van der Waals surface area contributed by atoms with Gasteiger partial charge in [0.25, 0.3) is 0 Å². The van der Waals surface area contributed by atoms with Crippen LogP contribution >= 0.6 is 7.82 Å². The maximum Gasteiger partial charge on any atom is 0.472 e. The fourth-order valence-corrected chi connectivity index (χ4v) is 6.31. The van der Waals surface area contributed by atoms with Gasteiger partial charge in [0.05, 0.1) is 39.9 Å². The van der Waals surface area contributed by atoms with E-state index >= 15 is 0 Å². The molecule has 3 unspecified atom stereocenters. The highest BCUT2D eigenvalue weighted by molar-refractivity contribution is 7.47. The Morgan fingerprint density at radius 2 is 0.953 bits per heavy atom. The Kier molecular flexibility index (Phi) is 41.6. The van der Waals surface area contributed by atoms with Crippen LogP contribution in [0.15, 0.2) is 158 Å². The molecule has 0 spiro atoms. The third-order valence-electron chi connectivity index (χ3n) is 9.30. The highest BCUT2D eigenvalue weighted by atomic mass is 31.2. The van der Waals surface area contributed by atoms with Crippen LogP contribution in [0.1, 0.15) is 129 Å². The van der Waals surface area contributed by atoms with Crippen molar-refractivity contribution in [3.63, 3.8) is 0 Å². The van der Waals surface area contributed by atoms with E-state index in [9.17, 15) is 19.4 Å². The van der Waals surface area contributed by atoms with Crippen LogP contribution < -0.4 is 5.32 Å². The lowest BCUT2D eigenvalue weighted by Gasteiger charge is -2.25. The number of aliphatic hydroxyl groups is 1. The molecular weight excluding hydrogens is 816 g/mol. The predicted octanol–water partition coefficient (Wildman–Crippen LogP) is 14.0. The molecule has 0 radical (unpaired) electrons. The molecule has 1 amide bonds. The highest BCUT2D eigenvalue weighted by Gasteiger charge is 2.27. The zero-order valence-corrected chi connectivity index (χ0v) is 41.3. The summed E-state index contributed by atoms with van der Waals surface area (Å²) in [6.45, 7) is 4.35. The number of carbonyl (C=O) groups is 1. The van der Waals surface area contributed by atoms with E-state index in [1.165, 1.54) is 0 Å². The summed E-state index contributed by atoms with van der Waals surface area (Å²) in [5.74, 6) is -0.246. The lowest BCUT2D eigenvalue weighted by molar-refractivity contribution is -0.870. The summed E-state index contributed by atoms with van der Waals surface area (Å²) in [6, 6.07) is -0.903. The van der Waals surface area contributed by atoms with Crippen LogP contribution in [0.5, 0.6) is 0 Å². The maximum absolute atomic E-state index is 12.8. The molecule has 9 heteroatoms. The van der Waals surface area contributed by atoms with Gasteiger partial charge in [0.15, 0.2) is 0 Å². The van der Waals surface area contributed by atoms with Crippen LogP contribution in [0, 0.1) is 0 Å². The number of likely N-dealkylation sites (N-methyl/N-ethyl adjacent to an activating group) is 1. The molecule has 0 rings (SSSR count). The number of phosphoric acid groups is 1. The average molecular weight is 904 g/mol. The number of nitrogens with zero attached hydrogens (tertiary/aromatic N) is 1. The van der Waals surface area contributed by atoms with Crippen molar-refractivity contribution in [2.75, 3.05) is 40.9 Å². The molecule has 0 aromatic carbocycles. The normalized spacial score (nSPS) is 15.5. The van der Waals surface area contributed by atoms with E-state index in [-0.39, 0.29) is 25.5 Å². The smallest absolute Gasteiger partial charge is 0.387 e. The number of phosphoric ester groups is 1. The molecule has 0 bridgehead atoms. The zero-order chi connectivity index (χ0) is 47.1. The standard InChI is InChI=1S/C55H87N2O6P/c1-6-8-10-12-14-16-17-18-19-20-21-22-23-24-25-26-27-28-29-30-31-32-33-34-35-36-37-38-39-41-43-45-47-49-55(59)56-53(52-63-64(60,61)62-51-50-57(3,4)5)54(58)48-46-44-42-40-15-13-11-9-7-2/h7-10,14-16,18-19,21-22,24-25,27-28,30-31,33-34,36-37,39-41,46,48,53-54,58H,6,11-13,17,20,23,26,29,32,35,38,42-45,47,49-52H2,1-5H3,(H-,56,59,60,61)/p+1/b9-7+,10-8-,16-14-,19-18-,22-21-,25-24-,28-27-,31-30-,34-33-,37-36-,40-15+,41-39-,48-46+. The van der Waals surface area contributed by atoms with Crippen molar-refractivity contribution in [3.8, 4) is 0 Å². The number of carbonyl (C=O) groups excluding carboxylic acids is 1. The molecule has 0 aromatic heterocycles. The zero-order valence-electron chi connectivity index (χ0n) is 40.4. The van der Waals surface area contributed by atoms with Crippen molar-refractivity contribution in [1.82, 2.24) is 5.32 Å². The van der Waals surface area contributed by atoms with E-state index in [4.69, 9.17) is 9.05 Å². The first kappa shape index (κ1) is 60.1. The van der Waals surface area contributed by atoms with Gasteiger partial charge in [-0.15, -0.1) is 0 Å². The van der Waals surface area contributed by atoms with Crippen molar-refractivity contribution in [3.05, 3.63) is 158 Å². The number of unbranched alkanes of at least 4 members (excludes halogenated alkanes) is 4. The van der Waals surface area contributed by atoms with Gasteiger partial charge >= 0.3 is 7.82 Å². The van der Waals surface area contributed by atoms with Gasteiger partial charge in [-0.05, 0) is 116 Å². The van der Waals surface area contributed by atoms with E-state index in [1.54, 1.807) is 6.08 Å². The first-order valence-corrected chi connectivity index (χ1v) is 25.3. The molecule has 8 nitrogen and oxygen atoms in total. The number of amides is 1. The summed E-state index contributed by atoms with van der Waals surface area (Å²) in [5.41, 5.74) is 0. The summed E-state index contributed by atoms with van der Waals surface area (Å²) in [6.07, 6.45) is 70.8. The van der Waals surface area contributed by atoms with Gasteiger partial charge < -0.3 is 19.8 Å². The Morgan fingerprint density at radius 3 is 1.38 bits per heavy atom. The number of nitrogens with one attached hydrogen (secondary N) is 1. The molecule has 0 aromatic rings. The largest absolute Gasteiger partial charge is 0.472 e. The molecule has 0 saturated heterocycles. The Labute approximate surface area is 391 Å². The topological polar surface area (TPSA) is 105 Å². The Morgan fingerprint density at radius 1 is 0.562 bits per heavy atom. The second kappa shape index (κ2) is 44.3. The molecule has 0 aliphatic heterocycles. The summed E-state index contributed by atoms with van der Waals surface area (Å²) < 4.78 is 23.4. The number of hydrogen-bond donors (Lipinski definition) is 3. The first-order valence-electron chi connectivity index (χ1n) is 23.8. The molecule has 0 heterocycles. The Hall–Kier alpha value is -3.88. The van der Waals surface area contributed by atoms with E-state index in [0.29, 0.717) is 17.4 Å². The van der Waals surface area contributed by atoms with Crippen LogP contribution in [0.2, 0.25) is 0 Å². The van der Waals surface area contributed by atoms with Gasteiger partial charge in [0.1, 0.15) is 13.2 Å². The molecule has 64 heavy (non-hydrogen) atoms. The van der Waals surface area contributed by atoms with Gasteiger partial charge in [-0.1, -0.05) is 165 Å². The number of rotatable bonds is 40. The number of hydrogen-bond acceptors (Lipinski definition) is 5. The Balaban J connectivity index is 4.32. The van der Waals surface area contributed by atoms with Gasteiger partial charge in [-0.2, -0.15) is 0 Å². The van der Waals surface area contributed by atoms with Gasteiger partial charge in [0, 0.05) is 6.42 Å². The Bertz CT molecular complexity index is 1580. The third kappa shape index (κ3) is 46.1. The highest BCUT2D eigenvalue weighted by Crippen LogP contribution is 2.43. The quantitative estimate of drug-likeness (QED) is 0.0245. The van der Waals surface area contributed by atoms with Crippen LogP contribution in [-0.4, -0.2) is 73.4 Å². The van der Waals surface area contributed by atoms with Crippen molar-refractivity contribution < 1.29 is 32.9 Å². The predicted molar refractivity (Wildman–Crippen MR) is 276 cm³/mol. The summed E-state index contributed by atoms with van der Waals surface area (Å²) in [7, 11) is 1.48. The number of allylic oxidation sites excluding steroid dienone is 25. The molecule has 0 aliphatic rings. The number of aliphatic hydroxyl groups excluding tert-OH is 1. The van der Waals surface area contributed by atoms with Crippen LogP contribution in [0.3, 0.4) is 0 Å². The molecule has 0 aliphatic carbocycles. The molecule has 3 atom stereocenters. The summed E-state index contributed by atoms with van der Waals surface area (Å²) >= 11 is 0. The molecule has 0 fully saturated rings. The molecule has 0 saturated carbocycles. The van der Waals surface area contributed by atoms with Gasteiger partial charge in [0.2, 0.25) is 5.91 Å². The second-order valence-corrected chi connectivity index (χ2v) is 17.8. The summed E-state index contributed by atoms with van der Waals surface area (Å²) in [4.78, 5) is 23.0. The minimum Gasteiger partial charge on any atom is -0.387 e. The van der Waals surface area contributed by atoms with Gasteiger partial charge in [-0.25, -0.2) is 4.57 Å². The van der Waals surface area contributed by atoms with Crippen LogP contribution in [0.25, 0.3) is 0 Å². The van der Waals surface area contributed by atoms with E-state index < -0.39 is 20.0 Å². The van der Waals surface area contributed by atoms with Crippen LogP contribution in [-0.2, 0) is 18.4 Å². The average Bonchev–Trinajstić information content (AvgIpc) is 3.25. The fraction of sp³-hybridized carbons (Fsp3) is 0.509. The maximum atomic E-state index is 12.8. The van der Waals surface area contributed by atoms with Crippen molar-refractivity contribution >= 4 is 13.7 Å². The van der Waals surface area contributed by atoms with E-state index in [0.717, 1.165) is 103 Å². The lowest BCUT2D eigenvalue weighted by Crippen LogP contribution is -2.45. The molecule has 3 N–H and O–H groups in total. The third-order valence-corrected chi connectivity index (χ3v) is 10.3. The summed E-state index contributed by atoms with van der Waals surface area (Å²) in [5, 5.41) is 13.7. The van der Waals surface area contributed by atoms with Gasteiger partial charge in [-0.3, -0.25) is 13.8 Å². The number of quaternary nitrogens is 1. The molecule has 358 valence electrons. The second-order valence-electron chi connectivity index (χ2n) is 16.4. The SMILES string of the molecule is C/C=C/CC/C=C/CC/C=C/C(O)C(COP(=O)(O)OCC[N+](C)(C)C)NC(=O)CCCC/C=C\C/C=C\C/C=C\C/C=C\C/C=C\C/C=C\C/C=C\C/C=C\C/C=C\C/C=C\CC. The van der Waals surface area contributed by atoms with E-state index in [1.807, 2.05) is 40.2 Å². The fourth-order valence-electron chi connectivity index (χ4n) is 5.57. The van der Waals surface area contributed by atoms with Crippen molar-refractivity contribution in [1.29, 1.82) is 0 Å². The van der Waals surface area contributed by atoms with Crippen molar-refractivity contribution in [2.45, 2.75) is 142 Å².